The lowest BCUT2D eigenvalue weighted by atomic mass is 10.1. The molecule has 0 spiro atoms. The minimum atomic E-state index is 0.00858. The summed E-state index contributed by atoms with van der Waals surface area (Å²) in [6.45, 7) is 7.30. The Balaban J connectivity index is 1.43. The van der Waals surface area contributed by atoms with Crippen LogP contribution in [0.3, 0.4) is 0 Å². The third-order valence-electron chi connectivity index (χ3n) is 5.19. The number of amides is 2. The maximum atomic E-state index is 12.5. The first-order valence-electron chi connectivity index (χ1n) is 10.3. The van der Waals surface area contributed by atoms with Gasteiger partial charge in [-0.15, -0.1) is 0 Å². The lowest BCUT2D eigenvalue weighted by Gasteiger charge is -2.35. The van der Waals surface area contributed by atoms with Gasteiger partial charge in [-0.3, -0.25) is 4.90 Å². The van der Waals surface area contributed by atoms with Crippen LogP contribution in [0.2, 0.25) is 0 Å². The molecule has 1 saturated heterocycles. The van der Waals surface area contributed by atoms with Crippen molar-refractivity contribution in [2.45, 2.75) is 19.9 Å². The molecule has 2 amide bonds. The van der Waals surface area contributed by atoms with Gasteiger partial charge in [-0.1, -0.05) is 36.4 Å². The topological polar surface area (TPSA) is 54.0 Å². The fraction of sp³-hybridized carbons (Fsp3) is 0.435. The Morgan fingerprint density at radius 3 is 2.31 bits per heavy atom. The summed E-state index contributed by atoms with van der Waals surface area (Å²) in [5, 5.41) is 3.04. The predicted octanol–water partition coefficient (Wildman–Crippen LogP) is 3.16. The number of piperazine rings is 1. The van der Waals surface area contributed by atoms with Crippen LogP contribution in [-0.4, -0.2) is 62.3 Å². The molecule has 29 heavy (non-hydrogen) atoms. The number of para-hydroxylation sites is 2. The number of benzene rings is 2. The lowest BCUT2D eigenvalue weighted by molar-refractivity contribution is 0.134. The number of methoxy groups -OCH3 is 1. The third kappa shape index (κ3) is 5.87. The van der Waals surface area contributed by atoms with Crippen molar-refractivity contribution in [1.82, 2.24) is 15.1 Å². The molecule has 3 rings (SSSR count). The van der Waals surface area contributed by atoms with Gasteiger partial charge in [0.05, 0.1) is 13.7 Å². The van der Waals surface area contributed by atoms with E-state index in [0.29, 0.717) is 13.2 Å². The quantitative estimate of drug-likeness (QED) is 0.743. The number of rotatable bonds is 8. The summed E-state index contributed by atoms with van der Waals surface area (Å²) < 4.78 is 11.1. The predicted molar refractivity (Wildman–Crippen MR) is 115 cm³/mol. The first-order chi connectivity index (χ1) is 14.2. The highest BCUT2D eigenvalue weighted by Gasteiger charge is 2.21. The lowest BCUT2D eigenvalue weighted by Crippen LogP contribution is -2.51. The van der Waals surface area contributed by atoms with E-state index >= 15 is 0 Å². The number of carbonyl (C=O) groups is 1. The second kappa shape index (κ2) is 10.7. The SMILES string of the molecule is CCOc1ccccc1CN1CCN(C(=O)NCCc2ccccc2OC)CC1. The monoisotopic (exact) mass is 397 g/mol. The average molecular weight is 398 g/mol. The van der Waals surface area contributed by atoms with Crippen LogP contribution in [0.4, 0.5) is 4.79 Å². The standard InChI is InChI=1S/C23H31N3O3/c1-3-29-22-11-7-5-9-20(22)18-25-14-16-26(17-15-25)23(27)24-13-12-19-8-4-6-10-21(19)28-2/h4-11H,3,12-18H2,1-2H3,(H,24,27). The maximum Gasteiger partial charge on any atom is 0.317 e. The van der Waals surface area contributed by atoms with Crippen molar-refractivity contribution in [3.63, 3.8) is 0 Å². The molecule has 1 fully saturated rings. The first kappa shape index (κ1) is 21.0. The molecule has 0 atom stereocenters. The molecule has 0 saturated carbocycles. The van der Waals surface area contributed by atoms with Gasteiger partial charge in [0.15, 0.2) is 0 Å². The van der Waals surface area contributed by atoms with E-state index in [0.717, 1.165) is 56.2 Å². The Kier molecular flexibility index (Phi) is 7.76. The van der Waals surface area contributed by atoms with Crippen LogP contribution in [0.25, 0.3) is 0 Å². The van der Waals surface area contributed by atoms with E-state index in [9.17, 15) is 4.79 Å². The van der Waals surface area contributed by atoms with E-state index in [4.69, 9.17) is 9.47 Å². The number of carbonyl (C=O) groups excluding carboxylic acids is 1. The van der Waals surface area contributed by atoms with Gasteiger partial charge < -0.3 is 19.7 Å². The second-order valence-electron chi connectivity index (χ2n) is 7.10. The number of hydrogen-bond acceptors (Lipinski definition) is 4. The Morgan fingerprint density at radius 1 is 0.966 bits per heavy atom. The fourth-order valence-corrected chi connectivity index (χ4v) is 3.61. The van der Waals surface area contributed by atoms with E-state index in [-0.39, 0.29) is 6.03 Å². The van der Waals surface area contributed by atoms with Crippen LogP contribution in [0.5, 0.6) is 11.5 Å². The van der Waals surface area contributed by atoms with E-state index in [2.05, 4.69) is 16.3 Å². The van der Waals surface area contributed by atoms with Crippen molar-refractivity contribution in [1.29, 1.82) is 0 Å². The number of hydrogen-bond donors (Lipinski definition) is 1. The van der Waals surface area contributed by atoms with Gasteiger partial charge in [0, 0.05) is 44.8 Å². The molecule has 1 heterocycles. The molecule has 0 bridgehead atoms. The summed E-state index contributed by atoms with van der Waals surface area (Å²) in [6, 6.07) is 16.1. The molecule has 2 aromatic rings. The zero-order valence-electron chi connectivity index (χ0n) is 17.4. The average Bonchev–Trinajstić information content (AvgIpc) is 2.76. The van der Waals surface area contributed by atoms with Crippen molar-refractivity contribution >= 4 is 6.03 Å². The van der Waals surface area contributed by atoms with Crippen molar-refractivity contribution < 1.29 is 14.3 Å². The summed E-state index contributed by atoms with van der Waals surface area (Å²) >= 11 is 0. The normalized spacial score (nSPS) is 14.5. The summed E-state index contributed by atoms with van der Waals surface area (Å²) in [5.41, 5.74) is 2.30. The van der Waals surface area contributed by atoms with Gasteiger partial charge in [0.25, 0.3) is 0 Å². The van der Waals surface area contributed by atoms with E-state index in [1.807, 2.05) is 54.3 Å². The highest BCUT2D eigenvalue weighted by Crippen LogP contribution is 2.21. The first-order valence-corrected chi connectivity index (χ1v) is 10.3. The Hall–Kier alpha value is -2.73. The van der Waals surface area contributed by atoms with Crippen molar-refractivity contribution in [2.24, 2.45) is 0 Å². The summed E-state index contributed by atoms with van der Waals surface area (Å²) in [5.74, 6) is 1.81. The maximum absolute atomic E-state index is 12.5. The molecule has 0 aromatic heterocycles. The van der Waals surface area contributed by atoms with E-state index < -0.39 is 0 Å². The highest BCUT2D eigenvalue weighted by molar-refractivity contribution is 5.74. The number of nitrogens with one attached hydrogen (secondary N) is 1. The zero-order valence-corrected chi connectivity index (χ0v) is 17.4. The van der Waals surface area contributed by atoms with Crippen LogP contribution in [0.15, 0.2) is 48.5 Å². The van der Waals surface area contributed by atoms with E-state index in [1.54, 1.807) is 7.11 Å². The van der Waals surface area contributed by atoms with Gasteiger partial charge in [0.1, 0.15) is 11.5 Å². The Bertz CT molecular complexity index is 788. The Morgan fingerprint density at radius 2 is 1.62 bits per heavy atom. The largest absolute Gasteiger partial charge is 0.496 e. The van der Waals surface area contributed by atoms with Crippen molar-refractivity contribution in [2.75, 3.05) is 46.4 Å². The molecule has 0 radical (unpaired) electrons. The molecular weight excluding hydrogens is 366 g/mol. The van der Waals surface area contributed by atoms with Gasteiger partial charge >= 0.3 is 6.03 Å². The van der Waals surface area contributed by atoms with Crippen LogP contribution < -0.4 is 14.8 Å². The highest BCUT2D eigenvalue weighted by atomic mass is 16.5. The zero-order chi connectivity index (χ0) is 20.5. The van der Waals surface area contributed by atoms with Gasteiger partial charge in [-0.2, -0.15) is 0 Å². The number of urea groups is 1. The molecule has 156 valence electrons. The smallest absolute Gasteiger partial charge is 0.317 e. The molecule has 6 nitrogen and oxygen atoms in total. The van der Waals surface area contributed by atoms with Crippen LogP contribution >= 0.6 is 0 Å². The van der Waals surface area contributed by atoms with Crippen molar-refractivity contribution in [3.8, 4) is 11.5 Å². The van der Waals surface area contributed by atoms with Crippen molar-refractivity contribution in [3.05, 3.63) is 59.7 Å². The summed E-state index contributed by atoms with van der Waals surface area (Å²) in [4.78, 5) is 16.8. The molecule has 1 N–H and O–H groups in total. The molecule has 6 heteroatoms. The van der Waals surface area contributed by atoms with Gasteiger partial charge in [-0.25, -0.2) is 4.79 Å². The minimum Gasteiger partial charge on any atom is -0.496 e. The Labute approximate surface area is 173 Å². The summed E-state index contributed by atoms with van der Waals surface area (Å²) in [7, 11) is 1.67. The molecule has 0 aliphatic carbocycles. The fourth-order valence-electron chi connectivity index (χ4n) is 3.61. The molecule has 2 aromatic carbocycles. The molecular formula is C23H31N3O3. The number of ether oxygens (including phenoxy) is 2. The van der Waals surface area contributed by atoms with Gasteiger partial charge in [0.2, 0.25) is 0 Å². The third-order valence-corrected chi connectivity index (χ3v) is 5.19. The second-order valence-corrected chi connectivity index (χ2v) is 7.10. The van der Waals surface area contributed by atoms with Crippen LogP contribution in [0, 0.1) is 0 Å². The van der Waals surface area contributed by atoms with Gasteiger partial charge in [-0.05, 0) is 31.0 Å². The van der Waals surface area contributed by atoms with Crippen LogP contribution in [-0.2, 0) is 13.0 Å². The molecule has 1 aliphatic heterocycles. The molecule has 1 aliphatic rings. The summed E-state index contributed by atoms with van der Waals surface area (Å²) in [6.07, 6.45) is 0.754. The van der Waals surface area contributed by atoms with Crippen LogP contribution in [0.1, 0.15) is 18.1 Å². The van der Waals surface area contributed by atoms with E-state index in [1.165, 1.54) is 5.56 Å². The number of nitrogens with zero attached hydrogens (tertiary/aromatic N) is 2. The minimum absolute atomic E-state index is 0.00858. The molecule has 0 unspecified atom stereocenters.